The molecule has 0 bridgehead atoms. The average Bonchev–Trinajstić information content (AvgIpc) is 3.61. The predicted octanol–water partition coefficient (Wildman–Crippen LogP) is 15.5. The molecule has 0 saturated heterocycles. The van der Waals surface area contributed by atoms with Crippen LogP contribution in [0.25, 0.3) is 33.4 Å². The van der Waals surface area contributed by atoms with Gasteiger partial charge >= 0.3 is 0 Å². The van der Waals surface area contributed by atoms with Crippen molar-refractivity contribution in [2.45, 2.75) is 115 Å². The van der Waals surface area contributed by atoms with E-state index in [-0.39, 0.29) is 10.8 Å². The molecule has 0 amide bonds. The minimum absolute atomic E-state index is 0.0278. The van der Waals surface area contributed by atoms with Crippen LogP contribution in [0.15, 0.2) is 127 Å². The Bertz CT molecular complexity index is 2320. The standard InChI is InChI=1S/C54H55N/c1-53(2)48-23-12-11-19-47(48)51-44(20-14-24-49(51)53)46-22-13-21-45-43-34-33-42(35-50(43)54(3,4)52(45)46)55(40-29-25-38(26-30-40)36-15-7-5-8-16-36)41-31-27-39(28-32-41)37-17-9-6-10-18-37/h11-14,19-37H,5-10,15-18H2,1-4H3. The molecule has 6 aromatic carbocycles. The van der Waals surface area contributed by atoms with Crippen LogP contribution < -0.4 is 4.90 Å². The maximum absolute atomic E-state index is 2.51. The average molecular weight is 718 g/mol. The van der Waals surface area contributed by atoms with Crippen LogP contribution in [0.2, 0.25) is 0 Å². The van der Waals surface area contributed by atoms with Gasteiger partial charge in [-0.25, -0.2) is 0 Å². The fraction of sp³-hybridized carbons (Fsp3) is 0.333. The van der Waals surface area contributed by atoms with Crippen LogP contribution in [-0.2, 0) is 10.8 Å². The van der Waals surface area contributed by atoms with E-state index in [0.717, 1.165) is 0 Å². The second-order valence-electron chi connectivity index (χ2n) is 18.2. The Morgan fingerprint density at radius 2 is 0.891 bits per heavy atom. The maximum atomic E-state index is 2.51. The lowest BCUT2D eigenvalue weighted by atomic mass is 9.77. The van der Waals surface area contributed by atoms with Gasteiger partial charge in [-0.15, -0.1) is 0 Å². The first-order chi connectivity index (χ1) is 26.8. The van der Waals surface area contributed by atoms with E-state index < -0.39 is 0 Å². The lowest BCUT2D eigenvalue weighted by Gasteiger charge is -2.30. The maximum Gasteiger partial charge on any atom is 0.0465 e. The quantitative estimate of drug-likeness (QED) is 0.166. The Labute approximate surface area is 329 Å². The van der Waals surface area contributed by atoms with E-state index in [9.17, 15) is 0 Å². The highest BCUT2D eigenvalue weighted by Gasteiger charge is 2.41. The van der Waals surface area contributed by atoms with Gasteiger partial charge in [0.2, 0.25) is 0 Å². The summed E-state index contributed by atoms with van der Waals surface area (Å²) in [5, 5.41) is 0. The molecule has 0 aliphatic heterocycles. The van der Waals surface area contributed by atoms with Gasteiger partial charge in [0.15, 0.2) is 0 Å². The first-order valence-electron chi connectivity index (χ1n) is 21.3. The minimum atomic E-state index is -0.186. The largest absolute Gasteiger partial charge is 0.310 e. The van der Waals surface area contributed by atoms with Crippen LogP contribution in [0.5, 0.6) is 0 Å². The molecule has 0 spiro atoms. The van der Waals surface area contributed by atoms with Crippen molar-refractivity contribution in [3.63, 3.8) is 0 Å². The van der Waals surface area contributed by atoms with E-state index in [1.165, 1.54) is 148 Å². The van der Waals surface area contributed by atoms with E-state index >= 15 is 0 Å². The number of hydrogen-bond acceptors (Lipinski definition) is 1. The number of nitrogens with zero attached hydrogens (tertiary/aromatic N) is 1. The predicted molar refractivity (Wildman–Crippen MR) is 233 cm³/mol. The van der Waals surface area contributed by atoms with Gasteiger partial charge in [0.25, 0.3) is 0 Å². The fourth-order valence-electron chi connectivity index (χ4n) is 11.3. The van der Waals surface area contributed by atoms with Crippen molar-refractivity contribution < 1.29 is 0 Å². The van der Waals surface area contributed by atoms with Crippen molar-refractivity contribution in [3.8, 4) is 33.4 Å². The highest BCUT2D eigenvalue weighted by atomic mass is 15.1. The number of hydrogen-bond donors (Lipinski definition) is 0. The summed E-state index contributed by atoms with van der Waals surface area (Å²) in [6, 6.07) is 49.6. The van der Waals surface area contributed by atoms with Gasteiger partial charge in [-0.05, 0) is 141 Å². The highest BCUT2D eigenvalue weighted by molar-refractivity contribution is 5.97. The van der Waals surface area contributed by atoms with Gasteiger partial charge in [-0.2, -0.15) is 0 Å². The molecule has 2 fully saturated rings. The van der Waals surface area contributed by atoms with Crippen molar-refractivity contribution >= 4 is 17.1 Å². The zero-order valence-corrected chi connectivity index (χ0v) is 33.3. The lowest BCUT2D eigenvalue weighted by molar-refractivity contribution is 0.443. The molecule has 0 atom stereocenters. The van der Waals surface area contributed by atoms with Crippen LogP contribution in [0, 0.1) is 0 Å². The Kier molecular flexibility index (Phi) is 8.43. The Morgan fingerprint density at radius 3 is 1.51 bits per heavy atom. The monoisotopic (exact) mass is 717 g/mol. The summed E-state index contributed by atoms with van der Waals surface area (Å²) in [6.07, 6.45) is 13.5. The van der Waals surface area contributed by atoms with Crippen molar-refractivity contribution in [2.75, 3.05) is 4.90 Å². The summed E-state index contributed by atoms with van der Waals surface area (Å²) in [5.41, 5.74) is 20.4. The molecule has 1 nitrogen and oxygen atoms in total. The number of anilines is 3. The molecule has 276 valence electrons. The van der Waals surface area contributed by atoms with Gasteiger partial charge in [0.05, 0.1) is 0 Å². The summed E-state index contributed by atoms with van der Waals surface area (Å²) in [4.78, 5) is 2.51. The van der Waals surface area contributed by atoms with Gasteiger partial charge in [0, 0.05) is 27.9 Å². The van der Waals surface area contributed by atoms with Crippen LogP contribution in [0.3, 0.4) is 0 Å². The summed E-state index contributed by atoms with van der Waals surface area (Å²) >= 11 is 0. The van der Waals surface area contributed by atoms with Gasteiger partial charge in [-0.3, -0.25) is 0 Å². The lowest BCUT2D eigenvalue weighted by Crippen LogP contribution is -2.18. The number of fused-ring (bicyclic) bond motifs is 6. The smallest absolute Gasteiger partial charge is 0.0465 e. The summed E-state index contributed by atoms with van der Waals surface area (Å²) in [5.74, 6) is 1.40. The molecule has 4 aliphatic carbocycles. The Balaban J connectivity index is 1.07. The third-order valence-corrected chi connectivity index (χ3v) is 14.3. The second kappa shape index (κ2) is 13.4. The Morgan fingerprint density at radius 1 is 0.400 bits per heavy atom. The van der Waals surface area contributed by atoms with Gasteiger partial charge in [-0.1, -0.05) is 157 Å². The third-order valence-electron chi connectivity index (χ3n) is 14.3. The molecule has 0 unspecified atom stereocenters. The molecule has 0 heterocycles. The molecule has 0 aromatic heterocycles. The molecular weight excluding hydrogens is 663 g/mol. The van der Waals surface area contributed by atoms with Crippen molar-refractivity contribution in [1.82, 2.24) is 0 Å². The van der Waals surface area contributed by atoms with Crippen LogP contribution in [-0.4, -0.2) is 0 Å². The van der Waals surface area contributed by atoms with E-state index in [0.29, 0.717) is 11.8 Å². The third kappa shape index (κ3) is 5.63. The van der Waals surface area contributed by atoms with Crippen LogP contribution in [0.1, 0.15) is 137 Å². The van der Waals surface area contributed by atoms with Crippen LogP contribution >= 0.6 is 0 Å². The molecule has 1 heteroatoms. The first kappa shape index (κ1) is 34.6. The van der Waals surface area contributed by atoms with Crippen molar-refractivity contribution in [2.24, 2.45) is 0 Å². The number of rotatable bonds is 6. The zero-order chi connectivity index (χ0) is 37.3. The molecule has 6 aromatic rings. The zero-order valence-electron chi connectivity index (χ0n) is 33.3. The normalized spacial score (nSPS) is 18.3. The second-order valence-corrected chi connectivity index (χ2v) is 18.2. The van der Waals surface area contributed by atoms with E-state index in [2.05, 4.69) is 160 Å². The highest BCUT2D eigenvalue weighted by Crippen LogP contribution is 2.57. The summed E-state index contributed by atoms with van der Waals surface area (Å²) in [7, 11) is 0. The van der Waals surface area contributed by atoms with Crippen molar-refractivity contribution in [1.29, 1.82) is 0 Å². The molecule has 0 N–H and O–H groups in total. The van der Waals surface area contributed by atoms with Gasteiger partial charge in [0.1, 0.15) is 0 Å². The molecule has 0 radical (unpaired) electrons. The number of benzene rings is 6. The van der Waals surface area contributed by atoms with Gasteiger partial charge < -0.3 is 4.90 Å². The summed E-state index contributed by atoms with van der Waals surface area (Å²) in [6.45, 7) is 9.68. The topological polar surface area (TPSA) is 3.24 Å². The van der Waals surface area contributed by atoms with E-state index in [4.69, 9.17) is 0 Å². The fourth-order valence-corrected chi connectivity index (χ4v) is 11.3. The van der Waals surface area contributed by atoms with E-state index in [1.54, 1.807) is 0 Å². The first-order valence-corrected chi connectivity index (χ1v) is 21.3. The van der Waals surface area contributed by atoms with Crippen molar-refractivity contribution in [3.05, 3.63) is 161 Å². The SMILES string of the molecule is CC1(C)c2ccccc2-c2c(-c3cccc4c3C(C)(C)c3cc(N(c5ccc(C6CCCCC6)cc5)c5ccc(C6CCCCC6)cc5)ccc3-4)cccc21. The molecule has 4 aliphatic rings. The van der Waals surface area contributed by atoms with E-state index in [1.807, 2.05) is 0 Å². The minimum Gasteiger partial charge on any atom is -0.310 e. The molecule has 10 rings (SSSR count). The molecule has 2 saturated carbocycles. The molecular formula is C54H55N. The van der Waals surface area contributed by atoms with Crippen LogP contribution in [0.4, 0.5) is 17.1 Å². The Hall–Kier alpha value is -4.88. The molecule has 55 heavy (non-hydrogen) atoms. The summed E-state index contributed by atoms with van der Waals surface area (Å²) < 4.78 is 0.